The van der Waals surface area contributed by atoms with Gasteiger partial charge in [-0.05, 0) is 24.5 Å². The van der Waals surface area contributed by atoms with Crippen LogP contribution in [0.2, 0.25) is 0 Å². The second-order valence-corrected chi connectivity index (χ2v) is 5.00. The van der Waals surface area contributed by atoms with Gasteiger partial charge in [0.25, 0.3) is 11.8 Å². The molecule has 0 radical (unpaired) electrons. The molecule has 1 aliphatic rings. The lowest BCUT2D eigenvalue weighted by Crippen LogP contribution is -2.34. The molecule has 2 amide bonds. The Bertz CT molecular complexity index is 569. The van der Waals surface area contributed by atoms with Crippen LogP contribution >= 0.6 is 0 Å². The SMILES string of the molecule is COc1ccccc1C(=O)NC(=O)COC(=O)[C@@H]1C[C@H]1C. The molecule has 0 heterocycles. The summed E-state index contributed by atoms with van der Waals surface area (Å²) in [6, 6.07) is 6.54. The summed E-state index contributed by atoms with van der Waals surface area (Å²) in [5, 5.41) is 2.16. The minimum absolute atomic E-state index is 0.109. The van der Waals surface area contributed by atoms with Crippen molar-refractivity contribution in [2.24, 2.45) is 11.8 Å². The van der Waals surface area contributed by atoms with Gasteiger partial charge in [-0.3, -0.25) is 19.7 Å². The Morgan fingerprint density at radius 3 is 2.57 bits per heavy atom. The van der Waals surface area contributed by atoms with Gasteiger partial charge >= 0.3 is 5.97 Å². The van der Waals surface area contributed by atoms with E-state index in [0.29, 0.717) is 11.7 Å². The van der Waals surface area contributed by atoms with Crippen LogP contribution < -0.4 is 10.1 Å². The number of para-hydroxylation sites is 1. The fraction of sp³-hybridized carbons (Fsp3) is 0.400. The van der Waals surface area contributed by atoms with Crippen molar-refractivity contribution in [2.45, 2.75) is 13.3 Å². The number of esters is 1. The van der Waals surface area contributed by atoms with Gasteiger partial charge in [0.2, 0.25) is 0 Å². The normalized spacial score (nSPS) is 19.5. The molecular formula is C15H17NO5. The molecule has 0 aliphatic heterocycles. The average molecular weight is 291 g/mol. The van der Waals surface area contributed by atoms with E-state index in [4.69, 9.17) is 9.47 Å². The van der Waals surface area contributed by atoms with Crippen LogP contribution in [-0.2, 0) is 14.3 Å². The first-order chi connectivity index (χ1) is 10.0. The molecule has 0 saturated heterocycles. The molecule has 1 aliphatic carbocycles. The van der Waals surface area contributed by atoms with Crippen LogP contribution in [0.25, 0.3) is 0 Å². The third-order valence-electron chi connectivity index (χ3n) is 3.36. The monoisotopic (exact) mass is 291 g/mol. The van der Waals surface area contributed by atoms with Crippen LogP contribution in [-0.4, -0.2) is 31.5 Å². The molecule has 1 aromatic rings. The first-order valence-electron chi connectivity index (χ1n) is 6.66. The number of methoxy groups -OCH3 is 1. The minimum atomic E-state index is -0.660. The second-order valence-electron chi connectivity index (χ2n) is 5.00. The van der Waals surface area contributed by atoms with Gasteiger partial charge in [-0.2, -0.15) is 0 Å². The van der Waals surface area contributed by atoms with Crippen molar-refractivity contribution in [1.29, 1.82) is 0 Å². The van der Waals surface area contributed by atoms with E-state index in [2.05, 4.69) is 5.32 Å². The zero-order valence-corrected chi connectivity index (χ0v) is 11.9. The van der Waals surface area contributed by atoms with Crippen molar-refractivity contribution in [3.05, 3.63) is 29.8 Å². The number of amides is 2. The van der Waals surface area contributed by atoms with Gasteiger partial charge in [0.05, 0.1) is 18.6 Å². The number of imide groups is 1. The van der Waals surface area contributed by atoms with Crippen molar-refractivity contribution < 1.29 is 23.9 Å². The summed E-state index contributed by atoms with van der Waals surface area (Å²) >= 11 is 0. The molecule has 0 spiro atoms. The average Bonchev–Trinajstić information content (AvgIpc) is 3.21. The topological polar surface area (TPSA) is 81.7 Å². The van der Waals surface area contributed by atoms with Gasteiger partial charge < -0.3 is 9.47 Å². The number of ether oxygens (including phenoxy) is 2. The van der Waals surface area contributed by atoms with E-state index in [1.807, 2.05) is 6.92 Å². The molecule has 2 atom stereocenters. The molecule has 1 aromatic carbocycles. The number of carbonyl (C=O) groups is 3. The van der Waals surface area contributed by atoms with Crippen LogP contribution in [0.3, 0.4) is 0 Å². The highest BCUT2D eigenvalue weighted by Crippen LogP contribution is 2.38. The molecule has 21 heavy (non-hydrogen) atoms. The predicted molar refractivity (Wildman–Crippen MR) is 73.7 cm³/mol. The minimum Gasteiger partial charge on any atom is -0.496 e. The van der Waals surface area contributed by atoms with Gasteiger partial charge in [-0.1, -0.05) is 19.1 Å². The molecule has 0 unspecified atom stereocenters. The third-order valence-corrected chi connectivity index (χ3v) is 3.36. The van der Waals surface area contributed by atoms with E-state index < -0.39 is 18.4 Å². The third kappa shape index (κ3) is 3.81. The number of carbonyl (C=O) groups excluding carboxylic acids is 3. The Morgan fingerprint density at radius 2 is 1.95 bits per heavy atom. The highest BCUT2D eigenvalue weighted by Gasteiger charge is 2.40. The van der Waals surface area contributed by atoms with Gasteiger partial charge in [0.15, 0.2) is 6.61 Å². The lowest BCUT2D eigenvalue weighted by atomic mass is 10.2. The van der Waals surface area contributed by atoms with Crippen LogP contribution in [0, 0.1) is 11.8 Å². The smallest absolute Gasteiger partial charge is 0.309 e. The predicted octanol–water partition coefficient (Wildman–Crippen LogP) is 1.15. The summed E-state index contributed by atoms with van der Waals surface area (Å²) in [6.07, 6.45) is 0.792. The van der Waals surface area contributed by atoms with Crippen molar-refractivity contribution >= 4 is 17.8 Å². The van der Waals surface area contributed by atoms with Crippen molar-refractivity contribution in [1.82, 2.24) is 5.32 Å². The Kier molecular flexibility index (Phi) is 4.57. The molecule has 1 saturated carbocycles. The number of hydrogen-bond donors (Lipinski definition) is 1. The maximum atomic E-state index is 11.9. The highest BCUT2D eigenvalue weighted by atomic mass is 16.5. The Morgan fingerprint density at radius 1 is 1.29 bits per heavy atom. The second kappa shape index (κ2) is 6.39. The van der Waals surface area contributed by atoms with Gasteiger partial charge in [0, 0.05) is 0 Å². The molecule has 1 N–H and O–H groups in total. The van der Waals surface area contributed by atoms with E-state index in [1.165, 1.54) is 7.11 Å². The van der Waals surface area contributed by atoms with E-state index in [1.54, 1.807) is 24.3 Å². The van der Waals surface area contributed by atoms with Crippen LogP contribution in [0.1, 0.15) is 23.7 Å². The molecule has 112 valence electrons. The standard InChI is InChI=1S/C15H17NO5/c1-9-7-11(9)15(19)21-8-13(17)16-14(18)10-5-3-4-6-12(10)20-2/h3-6,9,11H,7-8H2,1-2H3,(H,16,17,18)/t9-,11-/m1/s1. The highest BCUT2D eigenvalue weighted by molar-refractivity contribution is 6.06. The molecule has 0 bridgehead atoms. The van der Waals surface area contributed by atoms with Crippen LogP contribution in [0.5, 0.6) is 5.75 Å². The Labute approximate surface area is 122 Å². The lowest BCUT2D eigenvalue weighted by Gasteiger charge is -2.08. The maximum Gasteiger partial charge on any atom is 0.309 e. The van der Waals surface area contributed by atoms with E-state index in [-0.39, 0.29) is 17.5 Å². The Hall–Kier alpha value is -2.37. The first-order valence-corrected chi connectivity index (χ1v) is 6.66. The Balaban J connectivity index is 1.84. The van der Waals surface area contributed by atoms with Gasteiger partial charge in [-0.25, -0.2) is 0 Å². The van der Waals surface area contributed by atoms with Crippen molar-refractivity contribution in [2.75, 3.05) is 13.7 Å². The number of nitrogens with one attached hydrogen (secondary N) is 1. The molecule has 0 aromatic heterocycles. The summed E-state index contributed by atoms with van der Waals surface area (Å²) in [5.74, 6) is -1.06. The molecule has 6 nitrogen and oxygen atoms in total. The van der Waals surface area contributed by atoms with E-state index in [9.17, 15) is 14.4 Å². The lowest BCUT2D eigenvalue weighted by molar-refractivity contribution is -0.149. The molecule has 6 heteroatoms. The largest absolute Gasteiger partial charge is 0.496 e. The molecule has 2 rings (SSSR count). The maximum absolute atomic E-state index is 11.9. The zero-order valence-electron chi connectivity index (χ0n) is 11.9. The molecule has 1 fully saturated rings. The fourth-order valence-corrected chi connectivity index (χ4v) is 1.96. The summed E-state index contributed by atoms with van der Waals surface area (Å²) < 4.78 is 9.90. The first kappa shape index (κ1) is 15.0. The fourth-order valence-electron chi connectivity index (χ4n) is 1.96. The number of benzene rings is 1. The summed E-state index contributed by atoms with van der Waals surface area (Å²) in [5.41, 5.74) is 0.246. The molecular weight excluding hydrogens is 274 g/mol. The van der Waals surface area contributed by atoms with Gasteiger partial charge in [-0.15, -0.1) is 0 Å². The van der Waals surface area contributed by atoms with Crippen LogP contribution in [0.4, 0.5) is 0 Å². The zero-order chi connectivity index (χ0) is 15.4. The van der Waals surface area contributed by atoms with Crippen LogP contribution in [0.15, 0.2) is 24.3 Å². The van der Waals surface area contributed by atoms with Crippen molar-refractivity contribution in [3.8, 4) is 5.75 Å². The summed E-state index contributed by atoms with van der Waals surface area (Å²) in [6.45, 7) is 1.49. The van der Waals surface area contributed by atoms with E-state index in [0.717, 1.165) is 6.42 Å². The number of rotatable bonds is 5. The van der Waals surface area contributed by atoms with Gasteiger partial charge in [0.1, 0.15) is 5.75 Å². The van der Waals surface area contributed by atoms with E-state index >= 15 is 0 Å². The van der Waals surface area contributed by atoms with Crippen molar-refractivity contribution in [3.63, 3.8) is 0 Å². The summed E-state index contributed by atoms with van der Waals surface area (Å²) in [4.78, 5) is 35.0. The quantitative estimate of drug-likeness (QED) is 0.823. The summed E-state index contributed by atoms with van der Waals surface area (Å²) in [7, 11) is 1.44. The number of hydrogen-bond acceptors (Lipinski definition) is 5.